The third-order valence-electron chi connectivity index (χ3n) is 4.98. The van der Waals surface area contributed by atoms with Gasteiger partial charge < -0.3 is 15.4 Å². The topological polar surface area (TPSA) is 82.2 Å². The molecule has 0 fully saturated rings. The molecule has 3 N–H and O–H groups in total. The number of nitrogens with one attached hydrogen (secondary N) is 2. The summed E-state index contributed by atoms with van der Waals surface area (Å²) in [5.74, 6) is -1.62. The summed E-state index contributed by atoms with van der Waals surface area (Å²) in [6.45, 7) is 2.13. The normalized spacial score (nSPS) is 12.0. The van der Waals surface area contributed by atoms with Crippen molar-refractivity contribution in [1.82, 2.24) is 10.3 Å². The number of carboxylic acid groups (broad SMARTS) is 1. The van der Waals surface area contributed by atoms with E-state index >= 15 is 0 Å². The van der Waals surface area contributed by atoms with Crippen LogP contribution in [0, 0.1) is 12.8 Å². The molecule has 1 unspecified atom stereocenters. The van der Waals surface area contributed by atoms with E-state index in [9.17, 15) is 14.7 Å². The summed E-state index contributed by atoms with van der Waals surface area (Å²) < 4.78 is 0. The van der Waals surface area contributed by atoms with Gasteiger partial charge in [-0.25, -0.2) is 0 Å². The third kappa shape index (κ3) is 5.22. The Morgan fingerprint density at radius 3 is 2.75 bits per heavy atom. The van der Waals surface area contributed by atoms with E-state index in [0.29, 0.717) is 12.8 Å². The molecule has 0 aliphatic rings. The number of fused-ring (bicyclic) bond motifs is 1. The number of hydrogen-bond acceptors (Lipinski definition) is 2. The van der Waals surface area contributed by atoms with Crippen LogP contribution < -0.4 is 5.32 Å². The van der Waals surface area contributed by atoms with E-state index in [1.54, 1.807) is 0 Å². The fourth-order valence-corrected chi connectivity index (χ4v) is 3.47. The van der Waals surface area contributed by atoms with E-state index < -0.39 is 11.9 Å². The van der Waals surface area contributed by atoms with E-state index in [1.807, 2.05) is 55.6 Å². The highest BCUT2D eigenvalue weighted by Crippen LogP contribution is 2.19. The van der Waals surface area contributed by atoms with Crippen molar-refractivity contribution in [2.45, 2.75) is 32.6 Å². The number of carbonyl (C=O) groups excluding carboxylic acids is 1. The van der Waals surface area contributed by atoms with Crippen molar-refractivity contribution in [3.8, 4) is 0 Å². The minimum Gasteiger partial charge on any atom is -0.481 e. The number of aryl methyl sites for hydroxylation is 2. The predicted molar refractivity (Wildman–Crippen MR) is 110 cm³/mol. The molecule has 3 aromatic rings. The highest BCUT2D eigenvalue weighted by atomic mass is 16.4. The second kappa shape index (κ2) is 9.22. The first-order chi connectivity index (χ1) is 13.5. The fourth-order valence-electron chi connectivity index (χ4n) is 3.47. The number of para-hydroxylation sites is 1. The zero-order chi connectivity index (χ0) is 19.9. The smallest absolute Gasteiger partial charge is 0.308 e. The van der Waals surface area contributed by atoms with Gasteiger partial charge in [0.25, 0.3) is 0 Å². The van der Waals surface area contributed by atoms with E-state index in [4.69, 9.17) is 0 Å². The van der Waals surface area contributed by atoms with Crippen LogP contribution in [-0.2, 0) is 22.4 Å². The number of hydrogen-bond donors (Lipinski definition) is 3. The van der Waals surface area contributed by atoms with Crippen molar-refractivity contribution >= 4 is 22.8 Å². The summed E-state index contributed by atoms with van der Waals surface area (Å²) in [6, 6.07) is 15.9. The Bertz CT molecular complexity index is 961. The monoisotopic (exact) mass is 378 g/mol. The summed E-state index contributed by atoms with van der Waals surface area (Å²) in [4.78, 5) is 26.9. The van der Waals surface area contributed by atoms with Gasteiger partial charge in [0.1, 0.15) is 0 Å². The van der Waals surface area contributed by atoms with Crippen molar-refractivity contribution in [2.24, 2.45) is 5.92 Å². The summed E-state index contributed by atoms with van der Waals surface area (Å²) in [5, 5.41) is 13.4. The number of carboxylic acids is 1. The lowest BCUT2D eigenvalue weighted by atomic mass is 9.98. The first kappa shape index (κ1) is 19.7. The van der Waals surface area contributed by atoms with Gasteiger partial charge in [0, 0.05) is 30.1 Å². The third-order valence-corrected chi connectivity index (χ3v) is 4.98. The molecular formula is C23H26N2O3. The Balaban J connectivity index is 1.46. The molecule has 0 saturated heterocycles. The lowest BCUT2D eigenvalue weighted by Gasteiger charge is -2.14. The average Bonchev–Trinajstić information content (AvgIpc) is 3.08. The number of benzene rings is 2. The summed E-state index contributed by atoms with van der Waals surface area (Å²) in [6.07, 6.45) is 4.32. The molecule has 1 aromatic heterocycles. The Kier molecular flexibility index (Phi) is 6.48. The Morgan fingerprint density at radius 2 is 1.96 bits per heavy atom. The number of amides is 1. The molecule has 5 heteroatoms. The molecule has 1 atom stereocenters. The van der Waals surface area contributed by atoms with Crippen molar-refractivity contribution < 1.29 is 14.7 Å². The van der Waals surface area contributed by atoms with Gasteiger partial charge in [0.05, 0.1) is 5.92 Å². The van der Waals surface area contributed by atoms with Crippen molar-refractivity contribution in [3.63, 3.8) is 0 Å². The van der Waals surface area contributed by atoms with Crippen molar-refractivity contribution in [3.05, 3.63) is 71.4 Å². The molecular weight excluding hydrogens is 352 g/mol. The van der Waals surface area contributed by atoms with E-state index in [2.05, 4.69) is 16.4 Å². The van der Waals surface area contributed by atoms with Crippen LogP contribution in [0.2, 0.25) is 0 Å². The molecule has 5 nitrogen and oxygen atoms in total. The Morgan fingerprint density at radius 1 is 1.14 bits per heavy atom. The molecule has 3 rings (SSSR count). The van der Waals surface area contributed by atoms with Gasteiger partial charge in [-0.15, -0.1) is 0 Å². The molecule has 0 aliphatic heterocycles. The van der Waals surface area contributed by atoms with Gasteiger partial charge in [-0.2, -0.15) is 0 Å². The van der Waals surface area contributed by atoms with Crippen LogP contribution in [0.3, 0.4) is 0 Å². The maximum Gasteiger partial charge on any atom is 0.308 e. The summed E-state index contributed by atoms with van der Waals surface area (Å²) in [5.41, 5.74) is 4.37. The number of rotatable bonds is 9. The van der Waals surface area contributed by atoms with Crippen LogP contribution in [0.25, 0.3) is 10.9 Å². The molecule has 0 bridgehead atoms. The lowest BCUT2D eigenvalue weighted by Crippen LogP contribution is -2.34. The summed E-state index contributed by atoms with van der Waals surface area (Å²) >= 11 is 0. The van der Waals surface area contributed by atoms with E-state index in [1.165, 1.54) is 10.9 Å². The quantitative estimate of drug-likeness (QED) is 0.529. The zero-order valence-corrected chi connectivity index (χ0v) is 16.1. The van der Waals surface area contributed by atoms with Crippen LogP contribution in [0.1, 0.15) is 29.5 Å². The average molecular weight is 378 g/mol. The number of aliphatic carboxylic acids is 1. The van der Waals surface area contributed by atoms with Gasteiger partial charge in [-0.3, -0.25) is 9.59 Å². The molecule has 0 spiro atoms. The molecule has 0 aliphatic carbocycles. The highest BCUT2D eigenvalue weighted by Gasteiger charge is 2.19. The molecule has 1 amide bonds. The number of H-pyrrole nitrogens is 1. The Labute approximate surface area is 164 Å². The molecule has 0 saturated carbocycles. The summed E-state index contributed by atoms with van der Waals surface area (Å²) in [7, 11) is 0. The van der Waals surface area contributed by atoms with Gasteiger partial charge in [0.2, 0.25) is 5.91 Å². The molecule has 2 aromatic carbocycles. The van der Waals surface area contributed by atoms with Gasteiger partial charge in [0.15, 0.2) is 0 Å². The lowest BCUT2D eigenvalue weighted by molar-refractivity contribution is -0.141. The minimum absolute atomic E-state index is 0.102. The van der Waals surface area contributed by atoms with Crippen LogP contribution in [0.15, 0.2) is 54.7 Å². The SMILES string of the molecule is Cc1cccc(CC(CNC(=O)CCCc2c[nH]c3ccccc23)C(=O)O)c1. The van der Waals surface area contributed by atoms with Crippen LogP contribution >= 0.6 is 0 Å². The standard InChI is InChI=1S/C23H26N2O3/c1-16-6-4-7-17(12-16)13-19(23(27)28)15-25-22(26)11-5-8-18-14-24-21-10-3-2-9-20(18)21/h2-4,6-7,9-10,12,14,19,24H,5,8,11,13,15H2,1H3,(H,25,26)(H,27,28). The van der Waals surface area contributed by atoms with Crippen LogP contribution in [0.5, 0.6) is 0 Å². The van der Waals surface area contributed by atoms with Crippen molar-refractivity contribution in [1.29, 1.82) is 0 Å². The van der Waals surface area contributed by atoms with Crippen molar-refractivity contribution in [2.75, 3.05) is 6.54 Å². The largest absolute Gasteiger partial charge is 0.481 e. The Hall–Kier alpha value is -3.08. The second-order valence-electron chi connectivity index (χ2n) is 7.25. The van der Waals surface area contributed by atoms with E-state index in [0.717, 1.165) is 29.5 Å². The first-order valence-corrected chi connectivity index (χ1v) is 9.63. The first-order valence-electron chi connectivity index (χ1n) is 9.63. The van der Waals surface area contributed by atoms with Gasteiger partial charge in [-0.05, 0) is 43.4 Å². The number of aromatic nitrogens is 1. The van der Waals surface area contributed by atoms with E-state index in [-0.39, 0.29) is 12.5 Å². The maximum absolute atomic E-state index is 12.2. The fraction of sp³-hybridized carbons (Fsp3) is 0.304. The van der Waals surface area contributed by atoms with Gasteiger partial charge >= 0.3 is 5.97 Å². The predicted octanol–water partition coefficient (Wildman–Crippen LogP) is 3.86. The molecule has 0 radical (unpaired) electrons. The van der Waals surface area contributed by atoms with Crippen LogP contribution in [-0.4, -0.2) is 28.5 Å². The minimum atomic E-state index is -0.888. The second-order valence-corrected chi connectivity index (χ2v) is 7.25. The van der Waals surface area contributed by atoms with Crippen LogP contribution in [0.4, 0.5) is 0 Å². The zero-order valence-electron chi connectivity index (χ0n) is 16.1. The number of aromatic amines is 1. The number of carbonyl (C=O) groups is 2. The maximum atomic E-state index is 12.2. The molecule has 28 heavy (non-hydrogen) atoms. The molecule has 146 valence electrons. The highest BCUT2D eigenvalue weighted by molar-refractivity contribution is 5.83. The van der Waals surface area contributed by atoms with Gasteiger partial charge in [-0.1, -0.05) is 48.0 Å². The molecule has 1 heterocycles.